The zero-order chi connectivity index (χ0) is 21.4. The second-order valence-electron chi connectivity index (χ2n) is 8.49. The van der Waals surface area contributed by atoms with Gasteiger partial charge in [-0.2, -0.15) is 0 Å². The Morgan fingerprint density at radius 3 is 2.34 bits per heavy atom. The summed E-state index contributed by atoms with van der Waals surface area (Å²) in [5.74, 6) is 0.716. The molecular weight excluding hydrogens is 388 g/mol. The van der Waals surface area contributed by atoms with Gasteiger partial charge in [-0.05, 0) is 58.9 Å². The van der Waals surface area contributed by atoms with Gasteiger partial charge in [0.2, 0.25) is 0 Å². The van der Waals surface area contributed by atoms with Crippen LogP contribution in [0.25, 0.3) is 17.1 Å². The van der Waals surface area contributed by atoms with E-state index in [9.17, 15) is 9.90 Å². The second kappa shape index (κ2) is 7.61. The Kier molecular flexibility index (Phi) is 5.52. The first-order valence-corrected chi connectivity index (χ1v) is 9.69. The Morgan fingerprint density at radius 2 is 1.76 bits per heavy atom. The third kappa shape index (κ3) is 5.02. The molecule has 0 saturated carbocycles. The van der Waals surface area contributed by atoms with Crippen LogP contribution in [0.3, 0.4) is 0 Å². The topological polar surface area (TPSA) is 80.0 Å². The standard InChI is InChI=1S/C22H25ClN4O2/c1-21(2,3)26-19(28)15-12-17(14-6-8-16(23)9-7-14)25-18(13-15)27-11-10-24-20(27)22(4,5)29/h6-13,29H,1-5H3,(H,26,28). The summed E-state index contributed by atoms with van der Waals surface area (Å²) in [6, 6.07) is 10.7. The van der Waals surface area contributed by atoms with E-state index in [-0.39, 0.29) is 11.4 Å². The van der Waals surface area contributed by atoms with E-state index >= 15 is 0 Å². The van der Waals surface area contributed by atoms with Crippen LogP contribution in [0.5, 0.6) is 0 Å². The molecule has 0 unspecified atom stereocenters. The Bertz CT molecular complexity index is 1030. The lowest BCUT2D eigenvalue weighted by molar-refractivity contribution is 0.0671. The fraction of sp³-hybridized carbons (Fsp3) is 0.318. The van der Waals surface area contributed by atoms with Gasteiger partial charge in [0.15, 0.2) is 0 Å². The van der Waals surface area contributed by atoms with Gasteiger partial charge >= 0.3 is 0 Å². The highest BCUT2D eigenvalue weighted by atomic mass is 35.5. The van der Waals surface area contributed by atoms with Crippen LogP contribution in [0, 0.1) is 0 Å². The highest BCUT2D eigenvalue weighted by Gasteiger charge is 2.24. The van der Waals surface area contributed by atoms with Crippen molar-refractivity contribution in [2.75, 3.05) is 0 Å². The number of benzene rings is 1. The molecule has 2 aromatic heterocycles. The van der Waals surface area contributed by atoms with Crippen molar-refractivity contribution in [3.8, 4) is 17.1 Å². The van der Waals surface area contributed by atoms with Crippen molar-refractivity contribution in [1.82, 2.24) is 19.9 Å². The first kappa shape index (κ1) is 21.0. The molecule has 1 aromatic carbocycles. The minimum Gasteiger partial charge on any atom is -0.382 e. The molecule has 29 heavy (non-hydrogen) atoms. The smallest absolute Gasteiger partial charge is 0.251 e. The van der Waals surface area contributed by atoms with E-state index in [1.54, 1.807) is 55.1 Å². The minimum absolute atomic E-state index is 0.207. The van der Waals surface area contributed by atoms with Crippen LogP contribution in [-0.2, 0) is 5.60 Å². The number of aliphatic hydroxyl groups is 1. The fourth-order valence-corrected chi connectivity index (χ4v) is 3.02. The van der Waals surface area contributed by atoms with Crippen molar-refractivity contribution < 1.29 is 9.90 Å². The molecule has 6 nitrogen and oxygen atoms in total. The first-order valence-electron chi connectivity index (χ1n) is 9.31. The summed E-state index contributed by atoms with van der Waals surface area (Å²) in [6.45, 7) is 9.09. The van der Waals surface area contributed by atoms with Crippen LogP contribution in [0.4, 0.5) is 0 Å². The van der Waals surface area contributed by atoms with Crippen LogP contribution in [-0.4, -0.2) is 31.1 Å². The SMILES string of the molecule is CC(C)(C)NC(=O)c1cc(-c2ccc(Cl)cc2)nc(-n2ccnc2C(C)(C)O)c1. The fourth-order valence-electron chi connectivity index (χ4n) is 2.89. The normalized spacial score (nSPS) is 12.1. The largest absolute Gasteiger partial charge is 0.382 e. The number of pyridine rings is 1. The number of carbonyl (C=O) groups excluding carboxylic acids is 1. The van der Waals surface area contributed by atoms with Crippen molar-refractivity contribution in [2.45, 2.75) is 45.8 Å². The van der Waals surface area contributed by atoms with Gasteiger partial charge in [-0.15, -0.1) is 0 Å². The molecule has 0 saturated heterocycles. The summed E-state index contributed by atoms with van der Waals surface area (Å²) in [7, 11) is 0. The summed E-state index contributed by atoms with van der Waals surface area (Å²) in [6.07, 6.45) is 3.31. The molecule has 0 bridgehead atoms. The molecular formula is C22H25ClN4O2. The van der Waals surface area contributed by atoms with E-state index in [2.05, 4.69) is 10.3 Å². The maximum absolute atomic E-state index is 12.9. The number of carbonyl (C=O) groups is 1. The lowest BCUT2D eigenvalue weighted by Gasteiger charge is -2.22. The molecule has 2 N–H and O–H groups in total. The van der Waals surface area contributed by atoms with Crippen LogP contribution in [0.15, 0.2) is 48.8 Å². The number of halogens is 1. The van der Waals surface area contributed by atoms with Crippen LogP contribution in [0.1, 0.15) is 50.8 Å². The van der Waals surface area contributed by atoms with Gasteiger partial charge in [-0.25, -0.2) is 9.97 Å². The Hall–Kier alpha value is -2.70. The van der Waals surface area contributed by atoms with Gasteiger partial charge in [-0.1, -0.05) is 23.7 Å². The molecule has 3 aromatic rings. The first-order chi connectivity index (χ1) is 13.4. The van der Waals surface area contributed by atoms with Gasteiger partial charge in [0.25, 0.3) is 5.91 Å². The van der Waals surface area contributed by atoms with Crippen molar-refractivity contribution in [3.05, 3.63) is 65.2 Å². The van der Waals surface area contributed by atoms with Gasteiger partial charge in [0.05, 0.1) is 5.69 Å². The maximum atomic E-state index is 12.9. The highest BCUT2D eigenvalue weighted by molar-refractivity contribution is 6.30. The van der Waals surface area contributed by atoms with Crippen molar-refractivity contribution >= 4 is 17.5 Å². The van der Waals surface area contributed by atoms with Gasteiger partial charge < -0.3 is 10.4 Å². The number of amides is 1. The number of hydrogen-bond acceptors (Lipinski definition) is 4. The average Bonchev–Trinajstić information content (AvgIpc) is 3.11. The highest BCUT2D eigenvalue weighted by Crippen LogP contribution is 2.26. The zero-order valence-corrected chi connectivity index (χ0v) is 17.9. The summed E-state index contributed by atoms with van der Waals surface area (Å²) in [5, 5.41) is 14.1. The molecule has 3 rings (SSSR count). The van der Waals surface area contributed by atoms with E-state index < -0.39 is 5.60 Å². The molecule has 0 aliphatic heterocycles. The Labute approximate surface area is 175 Å². The molecule has 2 heterocycles. The molecule has 0 radical (unpaired) electrons. The van der Waals surface area contributed by atoms with E-state index in [4.69, 9.17) is 16.6 Å². The van der Waals surface area contributed by atoms with Gasteiger partial charge in [0.1, 0.15) is 17.2 Å². The molecule has 152 valence electrons. The molecule has 1 amide bonds. The predicted molar refractivity (Wildman–Crippen MR) is 114 cm³/mol. The Balaban J connectivity index is 2.17. The monoisotopic (exact) mass is 412 g/mol. The molecule has 0 aliphatic carbocycles. The summed E-state index contributed by atoms with van der Waals surface area (Å²) < 4.78 is 1.69. The zero-order valence-electron chi connectivity index (χ0n) is 17.2. The number of nitrogens with one attached hydrogen (secondary N) is 1. The lowest BCUT2D eigenvalue weighted by Crippen LogP contribution is -2.40. The summed E-state index contributed by atoms with van der Waals surface area (Å²) in [4.78, 5) is 21.9. The van der Waals surface area contributed by atoms with Crippen LogP contribution >= 0.6 is 11.6 Å². The molecule has 0 spiro atoms. The summed E-state index contributed by atoms with van der Waals surface area (Å²) >= 11 is 6.01. The maximum Gasteiger partial charge on any atom is 0.251 e. The van der Waals surface area contributed by atoms with Crippen molar-refractivity contribution in [3.63, 3.8) is 0 Å². The van der Waals surface area contributed by atoms with E-state index in [0.29, 0.717) is 27.9 Å². The van der Waals surface area contributed by atoms with Gasteiger partial charge in [-0.3, -0.25) is 9.36 Å². The molecule has 0 aliphatic rings. The number of nitrogens with zero attached hydrogens (tertiary/aromatic N) is 3. The van der Waals surface area contributed by atoms with E-state index in [1.807, 2.05) is 32.9 Å². The number of imidazole rings is 1. The number of aromatic nitrogens is 3. The molecule has 0 fully saturated rings. The van der Waals surface area contributed by atoms with E-state index in [1.165, 1.54) is 0 Å². The van der Waals surface area contributed by atoms with Crippen molar-refractivity contribution in [1.29, 1.82) is 0 Å². The van der Waals surface area contributed by atoms with Gasteiger partial charge in [0, 0.05) is 34.1 Å². The third-order valence-corrected chi connectivity index (χ3v) is 4.39. The average molecular weight is 413 g/mol. The van der Waals surface area contributed by atoms with Crippen LogP contribution in [0.2, 0.25) is 5.02 Å². The van der Waals surface area contributed by atoms with Crippen LogP contribution < -0.4 is 5.32 Å². The molecule has 0 atom stereocenters. The van der Waals surface area contributed by atoms with E-state index in [0.717, 1.165) is 5.56 Å². The number of rotatable bonds is 4. The summed E-state index contributed by atoms with van der Waals surface area (Å²) in [5.41, 5.74) is 0.355. The van der Waals surface area contributed by atoms with Crippen molar-refractivity contribution in [2.24, 2.45) is 0 Å². The lowest BCUT2D eigenvalue weighted by atomic mass is 10.1. The number of hydrogen-bond donors (Lipinski definition) is 2. The molecule has 7 heteroatoms. The Morgan fingerprint density at radius 1 is 1.10 bits per heavy atom. The quantitative estimate of drug-likeness (QED) is 0.667. The third-order valence-electron chi connectivity index (χ3n) is 4.14. The second-order valence-corrected chi connectivity index (χ2v) is 8.93. The minimum atomic E-state index is -1.17. The predicted octanol–water partition coefficient (Wildman–Crippen LogP) is 4.34.